The molecule has 2 N–H and O–H groups in total. The standard InChI is InChI=1S/C16H26N2O/c1-3-4-5-6-7-8-9-15-12-16(18-17-13-19)11-10-14(15)2/h10-13,18H,3-9H2,1-2H3,(H,17,19). The number of benzene rings is 1. The van der Waals surface area contributed by atoms with E-state index in [1.54, 1.807) is 0 Å². The molecule has 0 radical (unpaired) electrons. The van der Waals surface area contributed by atoms with Gasteiger partial charge in [-0.05, 0) is 43.0 Å². The lowest BCUT2D eigenvalue weighted by molar-refractivity contribution is -0.109. The molecule has 0 unspecified atom stereocenters. The van der Waals surface area contributed by atoms with Crippen molar-refractivity contribution in [2.75, 3.05) is 5.43 Å². The molecule has 0 saturated heterocycles. The molecule has 3 heteroatoms. The highest BCUT2D eigenvalue weighted by molar-refractivity contribution is 5.54. The second-order valence-electron chi connectivity index (χ2n) is 5.05. The molecule has 0 atom stereocenters. The van der Waals surface area contributed by atoms with E-state index in [0.717, 1.165) is 12.1 Å². The molecule has 0 fully saturated rings. The number of carbonyl (C=O) groups excluding carboxylic acids is 1. The molecule has 0 heterocycles. The Bertz CT molecular complexity index is 377. The molecule has 1 rings (SSSR count). The number of hydrazine groups is 1. The van der Waals surface area contributed by atoms with Crippen LogP contribution in [0.5, 0.6) is 0 Å². The highest BCUT2D eigenvalue weighted by atomic mass is 16.1. The van der Waals surface area contributed by atoms with Gasteiger partial charge in [-0.3, -0.25) is 15.6 Å². The van der Waals surface area contributed by atoms with E-state index in [1.165, 1.54) is 49.7 Å². The molecule has 3 nitrogen and oxygen atoms in total. The summed E-state index contributed by atoms with van der Waals surface area (Å²) in [5, 5.41) is 0. The molecule has 0 aromatic heterocycles. The van der Waals surface area contributed by atoms with Crippen molar-refractivity contribution in [3.05, 3.63) is 29.3 Å². The number of carbonyl (C=O) groups is 1. The van der Waals surface area contributed by atoms with Crippen molar-refractivity contribution in [1.82, 2.24) is 5.43 Å². The zero-order valence-corrected chi connectivity index (χ0v) is 12.2. The summed E-state index contributed by atoms with van der Waals surface area (Å²) in [6, 6.07) is 6.20. The van der Waals surface area contributed by atoms with Gasteiger partial charge in [0.05, 0.1) is 5.69 Å². The lowest BCUT2D eigenvalue weighted by Gasteiger charge is -2.10. The molecule has 0 bridgehead atoms. The SMILES string of the molecule is CCCCCCCCc1cc(NNC=O)ccc1C. The normalized spacial score (nSPS) is 10.2. The number of nitrogens with one attached hydrogen (secondary N) is 2. The minimum atomic E-state index is 0.646. The smallest absolute Gasteiger partial charge is 0.225 e. The molecular weight excluding hydrogens is 236 g/mol. The summed E-state index contributed by atoms with van der Waals surface area (Å²) in [5.41, 5.74) is 8.97. The minimum absolute atomic E-state index is 0.646. The summed E-state index contributed by atoms with van der Waals surface area (Å²) in [4.78, 5) is 10.3. The summed E-state index contributed by atoms with van der Waals surface area (Å²) in [6.07, 6.45) is 9.69. The number of hydrogen-bond donors (Lipinski definition) is 2. The van der Waals surface area contributed by atoms with Gasteiger partial charge in [0.1, 0.15) is 0 Å². The van der Waals surface area contributed by atoms with Crippen molar-refractivity contribution >= 4 is 12.1 Å². The van der Waals surface area contributed by atoms with E-state index in [4.69, 9.17) is 0 Å². The van der Waals surface area contributed by atoms with E-state index < -0.39 is 0 Å². The summed E-state index contributed by atoms with van der Waals surface area (Å²) in [7, 11) is 0. The average Bonchev–Trinajstić information content (AvgIpc) is 2.43. The Morgan fingerprint density at radius 2 is 1.84 bits per heavy atom. The minimum Gasteiger partial charge on any atom is -0.299 e. The van der Waals surface area contributed by atoms with Crippen molar-refractivity contribution in [2.45, 2.75) is 58.8 Å². The molecular formula is C16H26N2O. The first kappa shape index (κ1) is 15.5. The molecule has 19 heavy (non-hydrogen) atoms. The quantitative estimate of drug-likeness (QED) is 0.380. The van der Waals surface area contributed by atoms with Crippen molar-refractivity contribution < 1.29 is 4.79 Å². The maximum atomic E-state index is 10.3. The van der Waals surface area contributed by atoms with Gasteiger partial charge in [0, 0.05) is 0 Å². The van der Waals surface area contributed by atoms with Crippen molar-refractivity contribution in [2.24, 2.45) is 0 Å². The zero-order valence-electron chi connectivity index (χ0n) is 12.2. The first-order valence-electron chi connectivity index (χ1n) is 7.32. The van der Waals surface area contributed by atoms with Gasteiger partial charge in [-0.2, -0.15) is 0 Å². The van der Waals surface area contributed by atoms with Crippen LogP contribution in [-0.2, 0) is 11.2 Å². The third kappa shape index (κ3) is 6.27. The van der Waals surface area contributed by atoms with E-state index in [1.807, 2.05) is 6.07 Å². The van der Waals surface area contributed by atoms with Gasteiger partial charge < -0.3 is 0 Å². The van der Waals surface area contributed by atoms with Gasteiger partial charge in [-0.1, -0.05) is 45.1 Å². The first-order valence-corrected chi connectivity index (χ1v) is 7.32. The van der Waals surface area contributed by atoms with Crippen LogP contribution in [0.15, 0.2) is 18.2 Å². The predicted molar refractivity (Wildman–Crippen MR) is 81.1 cm³/mol. The van der Waals surface area contributed by atoms with Crippen LogP contribution >= 0.6 is 0 Å². The molecule has 1 aromatic rings. The van der Waals surface area contributed by atoms with Gasteiger partial charge in [0.15, 0.2) is 0 Å². The van der Waals surface area contributed by atoms with Crippen LogP contribution < -0.4 is 10.9 Å². The maximum Gasteiger partial charge on any atom is 0.225 e. The predicted octanol–water partition coefficient (Wildman–Crippen LogP) is 3.97. The van der Waals surface area contributed by atoms with Gasteiger partial charge in [-0.25, -0.2) is 0 Å². The topological polar surface area (TPSA) is 41.1 Å². The second-order valence-corrected chi connectivity index (χ2v) is 5.05. The number of anilines is 1. The van der Waals surface area contributed by atoms with E-state index in [2.05, 4.69) is 36.8 Å². The van der Waals surface area contributed by atoms with Crippen LogP contribution in [-0.4, -0.2) is 6.41 Å². The molecule has 1 amide bonds. The monoisotopic (exact) mass is 262 g/mol. The highest BCUT2D eigenvalue weighted by Gasteiger charge is 2.00. The fourth-order valence-electron chi connectivity index (χ4n) is 2.23. The number of hydrogen-bond acceptors (Lipinski definition) is 2. The highest BCUT2D eigenvalue weighted by Crippen LogP contribution is 2.18. The Morgan fingerprint density at radius 3 is 2.58 bits per heavy atom. The van der Waals surface area contributed by atoms with Gasteiger partial charge >= 0.3 is 0 Å². The molecule has 0 aliphatic carbocycles. The molecule has 0 spiro atoms. The summed E-state index contributed by atoms with van der Waals surface area (Å²) in [6.45, 7) is 4.39. The third-order valence-corrected chi connectivity index (χ3v) is 3.42. The summed E-state index contributed by atoms with van der Waals surface area (Å²) < 4.78 is 0. The molecule has 0 saturated carbocycles. The Hall–Kier alpha value is -1.51. The number of rotatable bonds is 10. The average molecular weight is 262 g/mol. The number of amides is 1. The molecule has 106 valence electrons. The second kappa shape index (κ2) is 9.42. The van der Waals surface area contributed by atoms with Crippen LogP contribution in [0.3, 0.4) is 0 Å². The Kier molecular flexibility index (Phi) is 7.71. The van der Waals surface area contributed by atoms with E-state index in [9.17, 15) is 4.79 Å². The lowest BCUT2D eigenvalue weighted by Crippen LogP contribution is -2.19. The van der Waals surface area contributed by atoms with Gasteiger partial charge in [0.2, 0.25) is 6.41 Å². The molecule has 0 aliphatic heterocycles. The van der Waals surface area contributed by atoms with Crippen LogP contribution in [0.25, 0.3) is 0 Å². The fraction of sp³-hybridized carbons (Fsp3) is 0.562. The van der Waals surface area contributed by atoms with Gasteiger partial charge in [-0.15, -0.1) is 0 Å². The molecule has 0 aliphatic rings. The maximum absolute atomic E-state index is 10.3. The van der Waals surface area contributed by atoms with Crippen LogP contribution in [0.1, 0.15) is 56.6 Å². The largest absolute Gasteiger partial charge is 0.299 e. The Morgan fingerprint density at radius 1 is 1.11 bits per heavy atom. The summed E-state index contributed by atoms with van der Waals surface area (Å²) >= 11 is 0. The van der Waals surface area contributed by atoms with Crippen molar-refractivity contribution in [1.29, 1.82) is 0 Å². The zero-order chi connectivity index (χ0) is 13.9. The van der Waals surface area contributed by atoms with E-state index >= 15 is 0 Å². The van der Waals surface area contributed by atoms with Crippen LogP contribution in [0, 0.1) is 6.92 Å². The van der Waals surface area contributed by atoms with Crippen molar-refractivity contribution in [3.63, 3.8) is 0 Å². The van der Waals surface area contributed by atoms with Crippen LogP contribution in [0.2, 0.25) is 0 Å². The van der Waals surface area contributed by atoms with Crippen LogP contribution in [0.4, 0.5) is 5.69 Å². The van der Waals surface area contributed by atoms with Gasteiger partial charge in [0.25, 0.3) is 0 Å². The Balaban J connectivity index is 2.36. The van der Waals surface area contributed by atoms with E-state index in [0.29, 0.717) is 6.41 Å². The Labute approximate surface area is 116 Å². The van der Waals surface area contributed by atoms with E-state index in [-0.39, 0.29) is 0 Å². The fourth-order valence-corrected chi connectivity index (χ4v) is 2.23. The number of unbranched alkanes of at least 4 members (excludes halogenated alkanes) is 5. The third-order valence-electron chi connectivity index (χ3n) is 3.42. The summed E-state index contributed by atoms with van der Waals surface area (Å²) in [5.74, 6) is 0. The van der Waals surface area contributed by atoms with Crippen molar-refractivity contribution in [3.8, 4) is 0 Å². The number of aryl methyl sites for hydroxylation is 2. The lowest BCUT2D eigenvalue weighted by atomic mass is 10.0. The molecule has 1 aromatic carbocycles. The first-order chi connectivity index (χ1) is 9.27.